The summed E-state index contributed by atoms with van der Waals surface area (Å²) in [5, 5.41) is 0. The van der Waals surface area contributed by atoms with Gasteiger partial charge in [-0.2, -0.15) is 0 Å². The Bertz CT molecular complexity index is 319. The van der Waals surface area contributed by atoms with Crippen LogP contribution in [0.25, 0.3) is 0 Å². The largest absolute Gasteiger partial charge is 0.298 e. The van der Waals surface area contributed by atoms with E-state index in [1.165, 1.54) is 6.92 Å². The van der Waals surface area contributed by atoms with E-state index in [-0.39, 0.29) is 11.6 Å². The van der Waals surface area contributed by atoms with Gasteiger partial charge in [0, 0.05) is 5.56 Å². The maximum Gasteiger partial charge on any atom is 0.183 e. The fraction of sp³-hybridized carbons (Fsp3) is 0.200. The fourth-order valence-corrected chi connectivity index (χ4v) is 1.20. The van der Waals surface area contributed by atoms with Gasteiger partial charge in [-0.05, 0) is 6.92 Å². The third-order valence-electron chi connectivity index (χ3n) is 1.65. The summed E-state index contributed by atoms with van der Waals surface area (Å²) in [6, 6.07) is 8.76. The molecule has 0 bridgehead atoms. The van der Waals surface area contributed by atoms with Crippen LogP contribution in [0.5, 0.6) is 0 Å². The highest BCUT2D eigenvalue weighted by Crippen LogP contribution is 2.10. The molecule has 1 aromatic rings. The summed E-state index contributed by atoms with van der Waals surface area (Å²) in [4.78, 5) is 21.7. The number of halogens is 1. The lowest BCUT2D eigenvalue weighted by Crippen LogP contribution is -2.21. The van der Waals surface area contributed by atoms with Crippen LogP contribution in [0.2, 0.25) is 0 Å². The van der Waals surface area contributed by atoms with E-state index >= 15 is 0 Å². The monoisotopic (exact) mass is 240 g/mol. The van der Waals surface area contributed by atoms with Crippen LogP contribution in [0.15, 0.2) is 30.3 Å². The smallest absolute Gasteiger partial charge is 0.183 e. The van der Waals surface area contributed by atoms with Gasteiger partial charge in [-0.1, -0.05) is 46.3 Å². The van der Waals surface area contributed by atoms with Crippen molar-refractivity contribution < 1.29 is 9.59 Å². The zero-order valence-electron chi connectivity index (χ0n) is 7.16. The normalized spacial score (nSPS) is 12.2. The van der Waals surface area contributed by atoms with Crippen molar-refractivity contribution >= 4 is 27.5 Å². The first-order valence-electron chi connectivity index (χ1n) is 3.86. The van der Waals surface area contributed by atoms with Crippen LogP contribution < -0.4 is 0 Å². The zero-order valence-corrected chi connectivity index (χ0v) is 8.74. The van der Waals surface area contributed by atoms with Gasteiger partial charge < -0.3 is 0 Å². The number of hydrogen-bond acceptors (Lipinski definition) is 2. The van der Waals surface area contributed by atoms with Crippen molar-refractivity contribution in [2.45, 2.75) is 11.8 Å². The van der Waals surface area contributed by atoms with Crippen LogP contribution in [0, 0.1) is 0 Å². The third-order valence-corrected chi connectivity index (χ3v) is 2.71. The van der Waals surface area contributed by atoms with Crippen LogP contribution in [-0.2, 0) is 4.79 Å². The molecule has 0 aliphatic heterocycles. The highest BCUT2D eigenvalue weighted by atomic mass is 79.9. The minimum Gasteiger partial charge on any atom is -0.298 e. The first-order chi connectivity index (χ1) is 6.13. The lowest BCUT2D eigenvalue weighted by Gasteiger charge is -2.03. The van der Waals surface area contributed by atoms with E-state index < -0.39 is 4.83 Å². The molecule has 1 unspecified atom stereocenters. The van der Waals surface area contributed by atoms with Crippen molar-refractivity contribution in [3.05, 3.63) is 35.9 Å². The Labute approximate surface area is 85.1 Å². The first-order valence-corrected chi connectivity index (χ1v) is 4.78. The van der Waals surface area contributed by atoms with Crippen LogP contribution in [0.3, 0.4) is 0 Å². The number of alkyl halides is 1. The van der Waals surface area contributed by atoms with E-state index in [1.807, 2.05) is 6.07 Å². The maximum absolute atomic E-state index is 11.5. The molecule has 2 nitrogen and oxygen atoms in total. The second kappa shape index (κ2) is 4.33. The lowest BCUT2D eigenvalue weighted by atomic mass is 10.1. The molecular formula is C10H9BrO2. The van der Waals surface area contributed by atoms with E-state index in [0.29, 0.717) is 5.56 Å². The Balaban J connectivity index is 2.86. The summed E-state index contributed by atoms with van der Waals surface area (Å²) >= 11 is 3.05. The zero-order chi connectivity index (χ0) is 9.84. The Morgan fingerprint density at radius 3 is 2.23 bits per heavy atom. The molecule has 0 fully saturated rings. The summed E-state index contributed by atoms with van der Waals surface area (Å²) in [5.41, 5.74) is 0.555. The van der Waals surface area contributed by atoms with Crippen LogP contribution in [0.1, 0.15) is 17.3 Å². The Morgan fingerprint density at radius 2 is 1.77 bits per heavy atom. The number of ketones is 2. The number of hydrogen-bond donors (Lipinski definition) is 0. The summed E-state index contributed by atoms with van der Waals surface area (Å²) in [6.07, 6.45) is 0. The average molecular weight is 241 g/mol. The van der Waals surface area contributed by atoms with Crippen LogP contribution >= 0.6 is 15.9 Å². The maximum atomic E-state index is 11.5. The average Bonchev–Trinajstić information content (AvgIpc) is 2.17. The highest BCUT2D eigenvalue weighted by Gasteiger charge is 2.20. The topological polar surface area (TPSA) is 34.1 Å². The molecule has 0 radical (unpaired) electrons. The molecular weight excluding hydrogens is 232 g/mol. The Kier molecular flexibility index (Phi) is 3.37. The number of Topliss-reactive ketones (excluding diaryl/α,β-unsaturated/α-hetero) is 2. The summed E-state index contributed by atoms with van der Waals surface area (Å²) in [5.74, 6) is -0.359. The van der Waals surface area contributed by atoms with Crippen molar-refractivity contribution in [1.29, 1.82) is 0 Å². The van der Waals surface area contributed by atoms with Crippen molar-refractivity contribution in [2.24, 2.45) is 0 Å². The molecule has 1 rings (SSSR count). The molecule has 0 N–H and O–H groups in total. The number of carbonyl (C=O) groups excluding carboxylic acids is 2. The van der Waals surface area contributed by atoms with Crippen molar-refractivity contribution in [3.63, 3.8) is 0 Å². The summed E-state index contributed by atoms with van der Waals surface area (Å²) in [6.45, 7) is 1.39. The molecule has 0 aliphatic carbocycles. The van der Waals surface area contributed by atoms with E-state index in [9.17, 15) is 9.59 Å². The SMILES string of the molecule is CC(=O)C(Br)C(=O)c1ccccc1. The minimum atomic E-state index is -0.713. The molecule has 0 heterocycles. The van der Waals surface area contributed by atoms with Gasteiger partial charge in [-0.15, -0.1) is 0 Å². The third kappa shape index (κ3) is 2.49. The van der Waals surface area contributed by atoms with Gasteiger partial charge in [0.1, 0.15) is 4.83 Å². The molecule has 0 saturated carbocycles. The Hall–Kier alpha value is -0.960. The number of rotatable bonds is 3. The van der Waals surface area contributed by atoms with Gasteiger partial charge in [0.05, 0.1) is 0 Å². The second-order valence-electron chi connectivity index (χ2n) is 2.70. The highest BCUT2D eigenvalue weighted by molar-refractivity contribution is 9.10. The predicted octanol–water partition coefficient (Wildman–Crippen LogP) is 2.22. The van der Waals surface area contributed by atoms with Crippen LogP contribution in [-0.4, -0.2) is 16.4 Å². The number of carbonyl (C=O) groups is 2. The summed E-state index contributed by atoms with van der Waals surface area (Å²) < 4.78 is 0. The Morgan fingerprint density at radius 1 is 1.23 bits per heavy atom. The summed E-state index contributed by atoms with van der Waals surface area (Å²) in [7, 11) is 0. The predicted molar refractivity (Wildman–Crippen MR) is 54.2 cm³/mol. The van der Waals surface area contributed by atoms with Crippen molar-refractivity contribution in [1.82, 2.24) is 0 Å². The van der Waals surface area contributed by atoms with Gasteiger partial charge >= 0.3 is 0 Å². The molecule has 0 spiro atoms. The minimum absolute atomic E-state index is 0.172. The standard InChI is InChI=1S/C10H9BrO2/c1-7(12)9(11)10(13)8-5-3-2-4-6-8/h2-6,9H,1H3. The molecule has 0 aromatic heterocycles. The molecule has 68 valence electrons. The van der Waals surface area contributed by atoms with Gasteiger partial charge in [0.25, 0.3) is 0 Å². The van der Waals surface area contributed by atoms with E-state index in [1.54, 1.807) is 24.3 Å². The quantitative estimate of drug-likeness (QED) is 0.462. The van der Waals surface area contributed by atoms with E-state index in [2.05, 4.69) is 15.9 Å². The first kappa shape index (κ1) is 10.1. The molecule has 0 amide bonds. The van der Waals surface area contributed by atoms with Gasteiger partial charge in [0.2, 0.25) is 0 Å². The van der Waals surface area contributed by atoms with Crippen LogP contribution in [0.4, 0.5) is 0 Å². The van der Waals surface area contributed by atoms with E-state index in [0.717, 1.165) is 0 Å². The molecule has 1 atom stereocenters. The van der Waals surface area contributed by atoms with Gasteiger partial charge in [-0.25, -0.2) is 0 Å². The van der Waals surface area contributed by atoms with E-state index in [4.69, 9.17) is 0 Å². The van der Waals surface area contributed by atoms with Gasteiger partial charge in [0.15, 0.2) is 11.6 Å². The molecule has 3 heteroatoms. The second-order valence-corrected chi connectivity index (χ2v) is 3.62. The molecule has 13 heavy (non-hydrogen) atoms. The molecule has 0 aliphatic rings. The lowest BCUT2D eigenvalue weighted by molar-refractivity contribution is -0.115. The molecule has 1 aromatic carbocycles. The van der Waals surface area contributed by atoms with Gasteiger partial charge in [-0.3, -0.25) is 9.59 Å². The fourth-order valence-electron chi connectivity index (χ4n) is 0.933. The molecule has 0 saturated heterocycles. The van der Waals surface area contributed by atoms with Crippen molar-refractivity contribution in [3.8, 4) is 0 Å². The van der Waals surface area contributed by atoms with Crippen molar-refractivity contribution in [2.75, 3.05) is 0 Å². The number of benzene rings is 1.